The maximum Gasteiger partial charge on any atom is 0.0893 e. The van der Waals surface area contributed by atoms with Gasteiger partial charge in [0.15, 0.2) is 0 Å². The summed E-state index contributed by atoms with van der Waals surface area (Å²) in [6.07, 6.45) is 0. The van der Waals surface area contributed by atoms with Gasteiger partial charge in [-0.05, 0) is 146 Å². The van der Waals surface area contributed by atoms with Gasteiger partial charge < -0.3 is 4.98 Å². The first kappa shape index (κ1) is 29.3. The number of aryl methyl sites for hydroxylation is 6. The zero-order valence-electron chi connectivity index (χ0n) is 28.8. The van der Waals surface area contributed by atoms with Crippen molar-refractivity contribution in [3.8, 4) is 67.3 Å². The Kier molecular flexibility index (Phi) is 6.51. The van der Waals surface area contributed by atoms with Crippen LogP contribution >= 0.6 is 0 Å². The molecule has 8 aromatic rings. The van der Waals surface area contributed by atoms with Crippen molar-refractivity contribution in [3.63, 3.8) is 0 Å². The molecule has 0 amide bonds. The van der Waals surface area contributed by atoms with Crippen LogP contribution < -0.4 is 0 Å². The molecule has 8 bridgehead atoms. The standard InChI is InChI=1S/C46H37N3/c1-25-16-27(3)43(28(4)17-25)33-21-35-31-10-7-11-32(20-31)39-12-8-14-41(47-39)42-15-9-13-40(48-42)38-24-34(44-29(5)18-26(2)19-30(44)6)23-37-36(22-33)45(35)49-46(37)38/h7-24,49H,1-6H3. The van der Waals surface area contributed by atoms with E-state index < -0.39 is 0 Å². The van der Waals surface area contributed by atoms with Gasteiger partial charge in [0.25, 0.3) is 0 Å². The van der Waals surface area contributed by atoms with Crippen LogP contribution in [0.4, 0.5) is 0 Å². The second kappa shape index (κ2) is 10.9. The predicted molar refractivity (Wildman–Crippen MR) is 206 cm³/mol. The van der Waals surface area contributed by atoms with E-state index >= 15 is 0 Å². The van der Waals surface area contributed by atoms with Crippen molar-refractivity contribution < 1.29 is 0 Å². The van der Waals surface area contributed by atoms with E-state index in [4.69, 9.17) is 9.97 Å². The van der Waals surface area contributed by atoms with Gasteiger partial charge in [0.2, 0.25) is 0 Å². The Hall–Kier alpha value is -5.80. The lowest BCUT2D eigenvalue weighted by Gasteiger charge is -2.15. The monoisotopic (exact) mass is 631 g/mol. The van der Waals surface area contributed by atoms with Gasteiger partial charge in [0, 0.05) is 27.5 Å². The molecule has 0 unspecified atom stereocenters. The highest BCUT2D eigenvalue weighted by atomic mass is 14.8. The van der Waals surface area contributed by atoms with Gasteiger partial charge in [-0.15, -0.1) is 0 Å². The van der Waals surface area contributed by atoms with Crippen molar-refractivity contribution in [3.05, 3.63) is 143 Å². The normalized spacial score (nSPS) is 11.9. The summed E-state index contributed by atoms with van der Waals surface area (Å²) in [5.41, 5.74) is 23.0. The van der Waals surface area contributed by atoms with Crippen LogP contribution in [-0.2, 0) is 0 Å². The van der Waals surface area contributed by atoms with E-state index in [0.29, 0.717) is 0 Å². The maximum atomic E-state index is 5.29. The summed E-state index contributed by atoms with van der Waals surface area (Å²) < 4.78 is 0. The zero-order valence-corrected chi connectivity index (χ0v) is 28.8. The zero-order chi connectivity index (χ0) is 33.6. The Morgan fingerprint density at radius 1 is 0.388 bits per heavy atom. The summed E-state index contributed by atoms with van der Waals surface area (Å²) in [5.74, 6) is 0. The highest BCUT2D eigenvalue weighted by Gasteiger charge is 2.21. The molecular formula is C46H37N3. The molecule has 1 aliphatic rings. The van der Waals surface area contributed by atoms with Crippen LogP contribution in [0.25, 0.3) is 89.1 Å². The summed E-state index contributed by atoms with van der Waals surface area (Å²) in [6, 6.07) is 40.1. The van der Waals surface area contributed by atoms with Crippen molar-refractivity contribution >= 4 is 21.8 Å². The van der Waals surface area contributed by atoms with Gasteiger partial charge in [-0.3, -0.25) is 0 Å². The molecule has 0 spiro atoms. The van der Waals surface area contributed by atoms with Crippen molar-refractivity contribution in [2.75, 3.05) is 0 Å². The van der Waals surface area contributed by atoms with Crippen LogP contribution in [0.15, 0.2) is 109 Å². The minimum Gasteiger partial charge on any atom is -0.353 e. The smallest absolute Gasteiger partial charge is 0.0893 e. The molecule has 5 aromatic carbocycles. The average molecular weight is 632 g/mol. The van der Waals surface area contributed by atoms with Crippen molar-refractivity contribution in [1.82, 2.24) is 15.0 Å². The van der Waals surface area contributed by atoms with Crippen LogP contribution in [0.2, 0.25) is 0 Å². The van der Waals surface area contributed by atoms with Gasteiger partial charge in [-0.25, -0.2) is 9.97 Å². The Bertz CT molecular complexity index is 2450. The third-order valence-corrected chi connectivity index (χ3v) is 10.3. The van der Waals surface area contributed by atoms with Crippen molar-refractivity contribution in [2.45, 2.75) is 41.5 Å². The molecule has 3 heteroatoms. The van der Waals surface area contributed by atoms with Crippen LogP contribution in [-0.4, -0.2) is 15.0 Å². The molecule has 0 atom stereocenters. The van der Waals surface area contributed by atoms with E-state index in [-0.39, 0.29) is 0 Å². The van der Waals surface area contributed by atoms with Crippen molar-refractivity contribution in [1.29, 1.82) is 0 Å². The van der Waals surface area contributed by atoms with Crippen LogP contribution in [0.3, 0.4) is 0 Å². The van der Waals surface area contributed by atoms with Crippen LogP contribution in [0.1, 0.15) is 33.4 Å². The number of H-pyrrole nitrogens is 1. The summed E-state index contributed by atoms with van der Waals surface area (Å²) in [4.78, 5) is 14.4. The first-order valence-corrected chi connectivity index (χ1v) is 17.1. The molecule has 236 valence electrons. The Labute approximate surface area is 287 Å². The number of benzene rings is 5. The van der Waals surface area contributed by atoms with E-state index in [1.165, 1.54) is 72.0 Å². The van der Waals surface area contributed by atoms with E-state index in [2.05, 4.69) is 156 Å². The second-order valence-electron chi connectivity index (χ2n) is 14.0. The Morgan fingerprint density at radius 2 is 0.837 bits per heavy atom. The fourth-order valence-corrected chi connectivity index (χ4v) is 8.40. The van der Waals surface area contributed by atoms with Crippen LogP contribution in [0.5, 0.6) is 0 Å². The topological polar surface area (TPSA) is 41.6 Å². The quantitative estimate of drug-likeness (QED) is 0.206. The number of fused-ring (bicyclic) bond motifs is 11. The molecule has 1 N–H and O–H groups in total. The first-order valence-electron chi connectivity index (χ1n) is 17.1. The summed E-state index contributed by atoms with van der Waals surface area (Å²) in [5, 5.41) is 2.41. The van der Waals surface area contributed by atoms with Gasteiger partial charge >= 0.3 is 0 Å². The lowest BCUT2D eigenvalue weighted by Crippen LogP contribution is -1.95. The maximum absolute atomic E-state index is 5.29. The number of aromatic amines is 1. The highest BCUT2D eigenvalue weighted by Crippen LogP contribution is 2.44. The minimum absolute atomic E-state index is 0.859. The molecule has 0 radical (unpaired) electrons. The number of nitrogens with zero attached hydrogens (tertiary/aromatic N) is 2. The third-order valence-electron chi connectivity index (χ3n) is 10.3. The van der Waals surface area contributed by atoms with Gasteiger partial charge in [0.1, 0.15) is 0 Å². The van der Waals surface area contributed by atoms with E-state index in [1.54, 1.807) is 0 Å². The lowest BCUT2D eigenvalue weighted by atomic mass is 9.88. The van der Waals surface area contributed by atoms with E-state index in [9.17, 15) is 0 Å². The Balaban J connectivity index is 1.48. The van der Waals surface area contributed by atoms with Gasteiger partial charge in [-0.2, -0.15) is 0 Å². The molecule has 3 aromatic heterocycles. The Morgan fingerprint density at radius 3 is 1.43 bits per heavy atom. The molecular weight excluding hydrogens is 595 g/mol. The third kappa shape index (κ3) is 4.72. The molecule has 1 aliphatic heterocycles. The number of aromatic nitrogens is 3. The van der Waals surface area contributed by atoms with E-state index in [1.807, 2.05) is 0 Å². The van der Waals surface area contributed by atoms with Gasteiger partial charge in [0.05, 0.1) is 33.8 Å². The molecule has 3 nitrogen and oxygen atoms in total. The average Bonchev–Trinajstić information content (AvgIpc) is 3.45. The molecule has 0 saturated heterocycles. The summed E-state index contributed by atoms with van der Waals surface area (Å²) >= 11 is 0. The van der Waals surface area contributed by atoms with E-state index in [0.717, 1.165) is 50.5 Å². The number of hydrogen-bond acceptors (Lipinski definition) is 2. The molecule has 0 aliphatic carbocycles. The summed E-state index contributed by atoms with van der Waals surface area (Å²) in [6.45, 7) is 13.3. The second-order valence-corrected chi connectivity index (χ2v) is 14.0. The molecule has 49 heavy (non-hydrogen) atoms. The lowest BCUT2D eigenvalue weighted by molar-refractivity contribution is 1.25. The fraction of sp³-hybridized carbons (Fsp3) is 0.130. The molecule has 0 fully saturated rings. The SMILES string of the molecule is Cc1cc(C)c(-c2cc3c4[nH]c5c(cc(-c6c(C)cc(C)cc6C)cc5c4c2)-c2cccc(n2)-c2cccc(n2)-c2cccc-3c2)c(C)c1. The molecule has 0 saturated carbocycles. The molecule has 9 rings (SSSR count). The summed E-state index contributed by atoms with van der Waals surface area (Å²) in [7, 11) is 0. The number of hydrogen-bond donors (Lipinski definition) is 1. The highest BCUT2D eigenvalue weighted by molar-refractivity contribution is 6.18. The number of pyridine rings is 2. The largest absolute Gasteiger partial charge is 0.353 e. The number of rotatable bonds is 2. The van der Waals surface area contributed by atoms with Crippen molar-refractivity contribution in [2.24, 2.45) is 0 Å². The number of nitrogens with one attached hydrogen (secondary N) is 1. The first-order chi connectivity index (χ1) is 23.7. The predicted octanol–water partition coefficient (Wildman–Crippen LogP) is 12.3. The minimum atomic E-state index is 0.859. The van der Waals surface area contributed by atoms with Gasteiger partial charge in [-0.1, -0.05) is 65.7 Å². The van der Waals surface area contributed by atoms with Crippen LogP contribution in [0, 0.1) is 41.5 Å². The molecule has 4 heterocycles. The fourth-order valence-electron chi connectivity index (χ4n) is 8.40.